The van der Waals surface area contributed by atoms with Gasteiger partial charge < -0.3 is 10.1 Å². The summed E-state index contributed by atoms with van der Waals surface area (Å²) in [6.45, 7) is 0.202. The molecular weight excluding hydrogens is 212 g/mol. The number of amides is 1. The number of rotatable bonds is 0. The van der Waals surface area contributed by atoms with Crippen LogP contribution in [0.25, 0.3) is 0 Å². The van der Waals surface area contributed by atoms with E-state index in [0.29, 0.717) is 0 Å². The largest absolute Gasteiger partial charge is 0.362 e. The lowest BCUT2D eigenvalue weighted by atomic mass is 10.3. The number of ether oxygens (including phenoxy) is 1. The van der Waals surface area contributed by atoms with Crippen molar-refractivity contribution in [1.29, 1.82) is 0 Å². The Bertz CT molecular complexity index is 158. The van der Waals surface area contributed by atoms with Crippen LogP contribution in [0.4, 0.5) is 0 Å². The van der Waals surface area contributed by atoms with Crippen molar-refractivity contribution in [3.8, 4) is 0 Å². The van der Waals surface area contributed by atoms with Gasteiger partial charge in [0.05, 0.1) is 0 Å². The van der Waals surface area contributed by atoms with E-state index >= 15 is 0 Å². The molecule has 11 heavy (non-hydrogen) atoms. The summed E-state index contributed by atoms with van der Waals surface area (Å²) < 4.78 is 3.48. The van der Waals surface area contributed by atoms with Crippen molar-refractivity contribution in [2.45, 2.75) is 9.90 Å². The van der Waals surface area contributed by atoms with Crippen molar-refractivity contribution in [1.82, 2.24) is 5.32 Å². The predicted octanol–water partition coefficient (Wildman–Crippen LogP) is 0.872. The van der Waals surface area contributed by atoms with E-state index in [9.17, 15) is 4.79 Å². The third-order valence-electron chi connectivity index (χ3n) is 1.27. The summed E-state index contributed by atoms with van der Waals surface area (Å²) in [7, 11) is 0. The van der Waals surface area contributed by atoms with Crippen LogP contribution in [0.1, 0.15) is 0 Å². The van der Waals surface area contributed by atoms with Gasteiger partial charge in [0.2, 0.25) is 9.70 Å². The topological polar surface area (TPSA) is 38.3 Å². The first-order chi connectivity index (χ1) is 5.00. The van der Waals surface area contributed by atoms with Gasteiger partial charge >= 0.3 is 0 Å². The highest BCUT2D eigenvalue weighted by Crippen LogP contribution is 2.32. The molecule has 1 unspecified atom stereocenters. The Kier molecular flexibility index (Phi) is 2.86. The van der Waals surface area contributed by atoms with Crippen LogP contribution in [0.5, 0.6) is 0 Å². The summed E-state index contributed by atoms with van der Waals surface area (Å²) in [5.74, 6) is -0.185. The number of carbonyl (C=O) groups excluding carboxylic acids is 1. The molecule has 6 heteroatoms. The highest BCUT2D eigenvalue weighted by molar-refractivity contribution is 6.68. The molecule has 1 N–H and O–H groups in total. The molecule has 3 nitrogen and oxygen atoms in total. The lowest BCUT2D eigenvalue weighted by molar-refractivity contribution is -0.132. The van der Waals surface area contributed by atoms with Crippen molar-refractivity contribution in [3.63, 3.8) is 0 Å². The van der Waals surface area contributed by atoms with E-state index in [2.05, 4.69) is 5.32 Å². The molecular formula is C5H6Cl3NO2. The van der Waals surface area contributed by atoms with Gasteiger partial charge in [0, 0.05) is 6.54 Å². The summed E-state index contributed by atoms with van der Waals surface area (Å²) >= 11 is 16.5. The Morgan fingerprint density at radius 1 is 1.55 bits per heavy atom. The van der Waals surface area contributed by atoms with Gasteiger partial charge in [0.15, 0.2) is 0 Å². The van der Waals surface area contributed by atoms with Crippen LogP contribution >= 0.6 is 34.8 Å². The maximum Gasteiger partial charge on any atom is 0.246 e. The maximum atomic E-state index is 10.6. The van der Waals surface area contributed by atoms with Crippen LogP contribution in [-0.4, -0.2) is 29.0 Å². The monoisotopic (exact) mass is 217 g/mol. The summed E-state index contributed by atoms with van der Waals surface area (Å²) in [6.07, 6.45) is -0.551. The Morgan fingerprint density at radius 2 is 2.18 bits per heavy atom. The first-order valence-electron chi connectivity index (χ1n) is 2.95. The SMILES string of the molecule is O=C1COC(C(Cl)(Cl)Cl)CN1. The average Bonchev–Trinajstić information content (AvgIpc) is 1.86. The fourth-order valence-electron chi connectivity index (χ4n) is 0.703. The molecule has 0 aliphatic carbocycles. The van der Waals surface area contributed by atoms with Crippen molar-refractivity contribution in [2.75, 3.05) is 13.2 Å². The van der Waals surface area contributed by atoms with Crippen molar-refractivity contribution in [2.24, 2.45) is 0 Å². The first kappa shape index (κ1) is 9.39. The van der Waals surface area contributed by atoms with Gasteiger partial charge in [0.1, 0.15) is 12.7 Å². The number of alkyl halides is 3. The fourth-order valence-corrected chi connectivity index (χ4v) is 1.12. The van der Waals surface area contributed by atoms with E-state index in [4.69, 9.17) is 39.5 Å². The summed E-state index contributed by atoms with van der Waals surface area (Å²) in [5.41, 5.74) is 0. The Balaban J connectivity index is 2.45. The van der Waals surface area contributed by atoms with Crippen LogP contribution in [0.3, 0.4) is 0 Å². The minimum Gasteiger partial charge on any atom is -0.362 e. The minimum absolute atomic E-state index is 0.0431. The zero-order chi connectivity index (χ0) is 8.48. The third kappa shape index (κ3) is 2.67. The molecule has 1 amide bonds. The van der Waals surface area contributed by atoms with Gasteiger partial charge in [-0.2, -0.15) is 0 Å². The Labute approximate surface area is 78.9 Å². The van der Waals surface area contributed by atoms with Crippen molar-refractivity contribution >= 4 is 40.7 Å². The molecule has 1 aliphatic heterocycles. The molecule has 1 heterocycles. The minimum atomic E-state index is -1.46. The highest BCUT2D eigenvalue weighted by atomic mass is 35.6. The second-order valence-corrected chi connectivity index (χ2v) is 4.51. The summed E-state index contributed by atoms with van der Waals surface area (Å²) in [6, 6.07) is 0. The summed E-state index contributed by atoms with van der Waals surface area (Å²) in [5, 5.41) is 2.52. The van der Waals surface area contributed by atoms with E-state index in [0.717, 1.165) is 0 Å². The van der Waals surface area contributed by atoms with Gasteiger partial charge in [0.25, 0.3) is 0 Å². The van der Waals surface area contributed by atoms with Crippen LogP contribution in [0.15, 0.2) is 0 Å². The molecule has 1 saturated heterocycles. The Hall–Kier alpha value is 0.300. The quantitative estimate of drug-likeness (QED) is 0.613. The molecule has 0 aromatic carbocycles. The summed E-state index contributed by atoms with van der Waals surface area (Å²) in [4.78, 5) is 10.6. The van der Waals surface area contributed by atoms with E-state index in [-0.39, 0.29) is 19.1 Å². The zero-order valence-electron chi connectivity index (χ0n) is 5.44. The zero-order valence-corrected chi connectivity index (χ0v) is 7.71. The normalized spacial score (nSPS) is 26.5. The van der Waals surface area contributed by atoms with Gasteiger partial charge in [-0.3, -0.25) is 4.79 Å². The number of hydrogen-bond donors (Lipinski definition) is 1. The van der Waals surface area contributed by atoms with Gasteiger partial charge in [-0.15, -0.1) is 0 Å². The third-order valence-corrected chi connectivity index (χ3v) is 2.00. The highest BCUT2D eigenvalue weighted by Gasteiger charge is 2.36. The molecule has 1 atom stereocenters. The maximum absolute atomic E-state index is 10.6. The molecule has 0 saturated carbocycles. The van der Waals surface area contributed by atoms with Crippen LogP contribution in [-0.2, 0) is 9.53 Å². The van der Waals surface area contributed by atoms with Crippen LogP contribution < -0.4 is 5.32 Å². The molecule has 0 aromatic rings. The van der Waals surface area contributed by atoms with E-state index in [1.54, 1.807) is 0 Å². The molecule has 0 aromatic heterocycles. The number of hydrogen-bond acceptors (Lipinski definition) is 2. The van der Waals surface area contributed by atoms with Crippen molar-refractivity contribution < 1.29 is 9.53 Å². The number of nitrogens with one attached hydrogen (secondary N) is 1. The molecule has 1 aliphatic rings. The van der Waals surface area contributed by atoms with E-state index < -0.39 is 9.90 Å². The standard InChI is InChI=1S/C5H6Cl3NO2/c6-5(7,8)3-1-9-4(10)2-11-3/h3H,1-2H2,(H,9,10). The average molecular weight is 218 g/mol. The molecule has 1 rings (SSSR count). The number of morpholine rings is 1. The van der Waals surface area contributed by atoms with E-state index in [1.165, 1.54) is 0 Å². The smallest absolute Gasteiger partial charge is 0.246 e. The molecule has 64 valence electrons. The molecule has 0 spiro atoms. The second-order valence-electron chi connectivity index (χ2n) is 2.15. The van der Waals surface area contributed by atoms with Crippen LogP contribution in [0, 0.1) is 0 Å². The first-order valence-corrected chi connectivity index (χ1v) is 4.08. The lowest BCUT2D eigenvalue weighted by Gasteiger charge is -2.28. The van der Waals surface area contributed by atoms with Gasteiger partial charge in [-0.1, -0.05) is 34.8 Å². The Morgan fingerprint density at radius 3 is 2.55 bits per heavy atom. The predicted molar refractivity (Wildman–Crippen MR) is 43.0 cm³/mol. The van der Waals surface area contributed by atoms with E-state index in [1.807, 2.05) is 0 Å². The molecule has 1 fully saturated rings. The number of carbonyl (C=O) groups is 1. The molecule has 0 radical (unpaired) electrons. The fraction of sp³-hybridized carbons (Fsp3) is 0.800. The number of halogens is 3. The lowest BCUT2D eigenvalue weighted by Crippen LogP contribution is -2.48. The van der Waals surface area contributed by atoms with Crippen LogP contribution in [0.2, 0.25) is 0 Å². The molecule has 0 bridgehead atoms. The second kappa shape index (κ2) is 3.35. The van der Waals surface area contributed by atoms with Gasteiger partial charge in [-0.05, 0) is 0 Å². The van der Waals surface area contributed by atoms with Crippen molar-refractivity contribution in [3.05, 3.63) is 0 Å². The van der Waals surface area contributed by atoms with Gasteiger partial charge in [-0.25, -0.2) is 0 Å².